The number of hydrogen-bond donors (Lipinski definition) is 3. The molecule has 110 valence electrons. The summed E-state index contributed by atoms with van der Waals surface area (Å²) in [6.07, 6.45) is 0.660. The van der Waals surface area contributed by atoms with Crippen LogP contribution in [0.3, 0.4) is 0 Å². The van der Waals surface area contributed by atoms with Gasteiger partial charge in [0.1, 0.15) is 0 Å². The number of carbonyl (C=O) groups excluding carboxylic acids is 1. The average molecular weight is 280 g/mol. The van der Waals surface area contributed by atoms with Crippen molar-refractivity contribution in [2.75, 3.05) is 13.7 Å². The molecule has 6 heteroatoms. The number of ether oxygens (including phenoxy) is 1. The molecule has 1 unspecified atom stereocenters. The minimum Gasteiger partial charge on any atom is -0.479 e. The number of urea groups is 1. The zero-order valence-electron chi connectivity index (χ0n) is 11.6. The molecule has 0 spiro atoms. The molecule has 0 radical (unpaired) electrons. The van der Waals surface area contributed by atoms with Crippen molar-refractivity contribution in [2.24, 2.45) is 0 Å². The zero-order chi connectivity index (χ0) is 15.0. The van der Waals surface area contributed by atoms with Crippen LogP contribution in [0.25, 0.3) is 0 Å². The van der Waals surface area contributed by atoms with Crippen LogP contribution in [0.15, 0.2) is 30.3 Å². The third kappa shape index (κ3) is 5.27. The van der Waals surface area contributed by atoms with Gasteiger partial charge in [-0.1, -0.05) is 30.3 Å². The standard InChI is InChI=1S/C14H20N2O4/c1-10(8-9-20-2)15-14(19)16-12(13(17)18)11-6-4-3-5-7-11/h3-7,10,12H,8-9H2,1-2H3,(H,17,18)(H2,15,16,19)/t10?,12-/m1/s1. The van der Waals surface area contributed by atoms with Crippen molar-refractivity contribution in [1.82, 2.24) is 10.6 Å². The Balaban J connectivity index is 2.59. The molecule has 0 heterocycles. The summed E-state index contributed by atoms with van der Waals surface area (Å²) in [5.41, 5.74) is 0.527. The van der Waals surface area contributed by atoms with Gasteiger partial charge in [0.2, 0.25) is 0 Å². The van der Waals surface area contributed by atoms with Crippen LogP contribution in [-0.2, 0) is 9.53 Å². The number of carboxylic acids is 1. The van der Waals surface area contributed by atoms with E-state index in [4.69, 9.17) is 4.74 Å². The second-order valence-electron chi connectivity index (χ2n) is 4.48. The fourth-order valence-corrected chi connectivity index (χ4v) is 1.70. The molecule has 1 aromatic rings. The number of benzene rings is 1. The van der Waals surface area contributed by atoms with E-state index in [1.54, 1.807) is 37.4 Å². The normalized spacial score (nSPS) is 13.3. The summed E-state index contributed by atoms with van der Waals surface area (Å²) in [5.74, 6) is -1.10. The average Bonchev–Trinajstić information content (AvgIpc) is 2.43. The Morgan fingerprint density at radius 1 is 1.25 bits per heavy atom. The minimum atomic E-state index is -1.10. The third-order valence-electron chi connectivity index (χ3n) is 2.79. The Morgan fingerprint density at radius 2 is 1.90 bits per heavy atom. The van der Waals surface area contributed by atoms with Crippen LogP contribution in [0.2, 0.25) is 0 Å². The van der Waals surface area contributed by atoms with Gasteiger partial charge in [-0.05, 0) is 18.9 Å². The molecule has 3 N–H and O–H groups in total. The Bertz CT molecular complexity index is 436. The molecular formula is C14H20N2O4. The highest BCUT2D eigenvalue weighted by molar-refractivity contribution is 5.83. The van der Waals surface area contributed by atoms with Gasteiger partial charge in [0.25, 0.3) is 0 Å². The van der Waals surface area contributed by atoms with Crippen LogP contribution in [0, 0.1) is 0 Å². The van der Waals surface area contributed by atoms with Crippen LogP contribution in [0.4, 0.5) is 4.79 Å². The molecule has 0 fully saturated rings. The van der Waals surface area contributed by atoms with Gasteiger partial charge in [-0.25, -0.2) is 9.59 Å². The van der Waals surface area contributed by atoms with E-state index in [0.717, 1.165) is 0 Å². The molecule has 0 saturated carbocycles. The molecule has 1 rings (SSSR count). The van der Waals surface area contributed by atoms with Gasteiger partial charge in [0.15, 0.2) is 6.04 Å². The zero-order valence-corrected chi connectivity index (χ0v) is 11.6. The maximum atomic E-state index is 11.8. The molecule has 0 aromatic heterocycles. The first-order valence-corrected chi connectivity index (χ1v) is 6.38. The number of carboxylic acid groups (broad SMARTS) is 1. The monoisotopic (exact) mass is 280 g/mol. The number of methoxy groups -OCH3 is 1. The van der Waals surface area contributed by atoms with Crippen molar-refractivity contribution in [3.8, 4) is 0 Å². The number of amides is 2. The summed E-state index contributed by atoms with van der Waals surface area (Å²) in [7, 11) is 1.59. The summed E-state index contributed by atoms with van der Waals surface area (Å²) < 4.78 is 4.92. The van der Waals surface area contributed by atoms with Gasteiger partial charge < -0.3 is 20.5 Å². The van der Waals surface area contributed by atoms with Crippen molar-refractivity contribution < 1.29 is 19.4 Å². The first-order chi connectivity index (χ1) is 9.54. The molecule has 2 amide bonds. The highest BCUT2D eigenvalue weighted by atomic mass is 16.5. The van der Waals surface area contributed by atoms with Crippen molar-refractivity contribution >= 4 is 12.0 Å². The predicted octanol–water partition coefficient (Wildman–Crippen LogP) is 1.54. The number of hydrogen-bond acceptors (Lipinski definition) is 3. The summed E-state index contributed by atoms with van der Waals surface area (Å²) in [6.45, 7) is 2.36. The molecule has 0 saturated heterocycles. The summed E-state index contributed by atoms with van der Waals surface area (Å²) >= 11 is 0. The SMILES string of the molecule is COCCC(C)NC(=O)N[C@@H](C(=O)O)c1ccccc1. The Labute approximate surface area is 118 Å². The highest BCUT2D eigenvalue weighted by Crippen LogP contribution is 2.12. The van der Waals surface area contributed by atoms with E-state index in [9.17, 15) is 14.7 Å². The van der Waals surface area contributed by atoms with Crippen LogP contribution in [0.5, 0.6) is 0 Å². The van der Waals surface area contributed by atoms with Gasteiger partial charge in [0.05, 0.1) is 0 Å². The first kappa shape index (κ1) is 16.0. The Kier molecular flexibility index (Phi) is 6.52. The first-order valence-electron chi connectivity index (χ1n) is 6.38. The molecule has 6 nitrogen and oxygen atoms in total. The minimum absolute atomic E-state index is 0.0971. The van der Waals surface area contributed by atoms with Crippen molar-refractivity contribution in [3.05, 3.63) is 35.9 Å². The van der Waals surface area contributed by atoms with Crippen LogP contribution < -0.4 is 10.6 Å². The Hall–Kier alpha value is -2.08. The lowest BCUT2D eigenvalue weighted by Gasteiger charge is -2.18. The number of carbonyl (C=O) groups is 2. The van der Waals surface area contributed by atoms with Gasteiger partial charge >= 0.3 is 12.0 Å². The molecule has 0 aliphatic rings. The summed E-state index contributed by atoms with van der Waals surface area (Å²) in [5, 5.41) is 14.3. The number of nitrogens with one attached hydrogen (secondary N) is 2. The predicted molar refractivity (Wildman–Crippen MR) is 74.4 cm³/mol. The molecule has 2 atom stereocenters. The topological polar surface area (TPSA) is 87.7 Å². The molecular weight excluding hydrogens is 260 g/mol. The Morgan fingerprint density at radius 3 is 2.45 bits per heavy atom. The van der Waals surface area contributed by atoms with E-state index in [1.807, 2.05) is 6.92 Å². The largest absolute Gasteiger partial charge is 0.479 e. The maximum absolute atomic E-state index is 11.8. The number of aliphatic carboxylic acids is 1. The smallest absolute Gasteiger partial charge is 0.330 e. The lowest BCUT2D eigenvalue weighted by molar-refractivity contribution is -0.139. The lowest BCUT2D eigenvalue weighted by atomic mass is 10.1. The molecule has 20 heavy (non-hydrogen) atoms. The second kappa shape index (κ2) is 8.16. The van der Waals surface area contributed by atoms with Crippen molar-refractivity contribution in [1.29, 1.82) is 0 Å². The fourth-order valence-electron chi connectivity index (χ4n) is 1.70. The van der Waals surface area contributed by atoms with Crippen LogP contribution in [0.1, 0.15) is 24.9 Å². The van der Waals surface area contributed by atoms with Gasteiger partial charge in [-0.15, -0.1) is 0 Å². The molecule has 0 aliphatic heterocycles. The molecule has 1 aromatic carbocycles. The number of rotatable bonds is 7. The van der Waals surface area contributed by atoms with Crippen molar-refractivity contribution in [3.63, 3.8) is 0 Å². The van der Waals surface area contributed by atoms with Gasteiger partial charge in [0, 0.05) is 19.8 Å². The summed E-state index contributed by atoms with van der Waals surface area (Å²) in [6, 6.07) is 6.89. The molecule has 0 bridgehead atoms. The van der Waals surface area contributed by atoms with Crippen LogP contribution in [-0.4, -0.2) is 36.9 Å². The third-order valence-corrected chi connectivity index (χ3v) is 2.79. The van der Waals surface area contributed by atoms with E-state index in [0.29, 0.717) is 18.6 Å². The maximum Gasteiger partial charge on any atom is 0.330 e. The highest BCUT2D eigenvalue weighted by Gasteiger charge is 2.22. The van der Waals surface area contributed by atoms with E-state index in [1.165, 1.54) is 0 Å². The quantitative estimate of drug-likeness (QED) is 0.707. The second-order valence-corrected chi connectivity index (χ2v) is 4.48. The lowest BCUT2D eigenvalue weighted by Crippen LogP contribution is -2.44. The van der Waals surface area contributed by atoms with E-state index in [2.05, 4.69) is 10.6 Å². The van der Waals surface area contributed by atoms with E-state index in [-0.39, 0.29) is 6.04 Å². The van der Waals surface area contributed by atoms with Gasteiger partial charge in [-0.3, -0.25) is 0 Å². The molecule has 0 aliphatic carbocycles. The fraction of sp³-hybridized carbons (Fsp3) is 0.429. The van der Waals surface area contributed by atoms with Gasteiger partial charge in [-0.2, -0.15) is 0 Å². The van der Waals surface area contributed by atoms with Crippen molar-refractivity contribution in [2.45, 2.75) is 25.4 Å². The van der Waals surface area contributed by atoms with E-state index >= 15 is 0 Å². The summed E-state index contributed by atoms with van der Waals surface area (Å²) in [4.78, 5) is 23.0. The van der Waals surface area contributed by atoms with Crippen LogP contribution >= 0.6 is 0 Å². The van der Waals surface area contributed by atoms with E-state index < -0.39 is 18.0 Å².